The number of nitro benzene ring substituents is 1. The summed E-state index contributed by atoms with van der Waals surface area (Å²) in [5.74, 6) is -1.91. The smallest absolute Gasteiger partial charge is 0.337 e. The lowest BCUT2D eigenvalue weighted by atomic mass is 10.1. The van der Waals surface area contributed by atoms with Gasteiger partial charge in [-0.05, 0) is 36.4 Å². The van der Waals surface area contributed by atoms with E-state index < -0.39 is 29.4 Å². The minimum Gasteiger partial charge on any atom is -0.465 e. The number of nitrogens with zero attached hydrogens (tertiary/aromatic N) is 1. The Hall–Kier alpha value is -4.01. The van der Waals surface area contributed by atoms with Crippen LogP contribution < -0.4 is 5.32 Å². The van der Waals surface area contributed by atoms with Gasteiger partial charge in [0.05, 0.1) is 23.2 Å². The van der Waals surface area contributed by atoms with Gasteiger partial charge in [0.1, 0.15) is 0 Å². The molecule has 0 fully saturated rings. The zero-order chi connectivity index (χ0) is 20.5. The van der Waals surface area contributed by atoms with E-state index in [2.05, 4.69) is 10.1 Å². The lowest BCUT2D eigenvalue weighted by Gasteiger charge is -2.06. The first-order chi connectivity index (χ1) is 13.4. The monoisotopic (exact) mass is 384 g/mol. The van der Waals surface area contributed by atoms with Gasteiger partial charge in [0.25, 0.3) is 11.6 Å². The van der Waals surface area contributed by atoms with Crippen LogP contribution in [0.25, 0.3) is 6.08 Å². The zero-order valence-electron chi connectivity index (χ0n) is 14.8. The third-order valence-electron chi connectivity index (χ3n) is 3.47. The number of carbonyl (C=O) groups excluding carboxylic acids is 3. The van der Waals surface area contributed by atoms with E-state index in [1.165, 1.54) is 55.7 Å². The minimum atomic E-state index is -0.825. The van der Waals surface area contributed by atoms with Crippen molar-refractivity contribution in [3.63, 3.8) is 0 Å². The van der Waals surface area contributed by atoms with Crippen LogP contribution in [-0.4, -0.2) is 36.5 Å². The summed E-state index contributed by atoms with van der Waals surface area (Å²) in [4.78, 5) is 45.2. The third kappa shape index (κ3) is 5.77. The van der Waals surface area contributed by atoms with Crippen molar-refractivity contribution in [2.45, 2.75) is 0 Å². The first-order valence-corrected chi connectivity index (χ1v) is 7.97. The number of nitro groups is 1. The quantitative estimate of drug-likeness (QED) is 0.337. The van der Waals surface area contributed by atoms with Gasteiger partial charge in [-0.15, -0.1) is 0 Å². The fourth-order valence-electron chi connectivity index (χ4n) is 2.14. The molecule has 0 saturated carbocycles. The van der Waals surface area contributed by atoms with E-state index in [1.54, 1.807) is 6.07 Å². The Morgan fingerprint density at radius 3 is 2.43 bits per heavy atom. The van der Waals surface area contributed by atoms with Crippen LogP contribution in [-0.2, 0) is 19.1 Å². The van der Waals surface area contributed by atoms with Crippen molar-refractivity contribution >= 4 is 35.3 Å². The Bertz CT molecular complexity index is 920. The van der Waals surface area contributed by atoms with Crippen molar-refractivity contribution in [1.82, 2.24) is 0 Å². The van der Waals surface area contributed by atoms with E-state index in [1.807, 2.05) is 0 Å². The molecule has 0 atom stereocenters. The summed E-state index contributed by atoms with van der Waals surface area (Å²) < 4.78 is 9.37. The first-order valence-electron chi connectivity index (χ1n) is 7.97. The second-order valence-electron chi connectivity index (χ2n) is 5.37. The lowest BCUT2D eigenvalue weighted by Crippen LogP contribution is -2.20. The Morgan fingerprint density at radius 2 is 1.79 bits per heavy atom. The van der Waals surface area contributed by atoms with E-state index in [4.69, 9.17) is 4.74 Å². The van der Waals surface area contributed by atoms with Crippen LogP contribution >= 0.6 is 0 Å². The highest BCUT2D eigenvalue weighted by Crippen LogP contribution is 2.18. The predicted octanol–water partition coefficient (Wildman–Crippen LogP) is 2.58. The second kappa shape index (κ2) is 9.62. The summed E-state index contributed by atoms with van der Waals surface area (Å²) in [5, 5.41) is 13.4. The maximum atomic E-state index is 11.8. The van der Waals surface area contributed by atoms with E-state index in [0.29, 0.717) is 11.3 Å². The molecule has 9 nitrogen and oxygen atoms in total. The topological polar surface area (TPSA) is 125 Å². The van der Waals surface area contributed by atoms with E-state index in [9.17, 15) is 24.5 Å². The van der Waals surface area contributed by atoms with Gasteiger partial charge in [-0.3, -0.25) is 14.9 Å². The number of para-hydroxylation sites is 1. The van der Waals surface area contributed by atoms with Crippen LogP contribution in [0.3, 0.4) is 0 Å². The number of hydrogen-bond acceptors (Lipinski definition) is 7. The van der Waals surface area contributed by atoms with Gasteiger partial charge in [-0.25, -0.2) is 9.59 Å². The number of hydrogen-bond donors (Lipinski definition) is 1. The second-order valence-corrected chi connectivity index (χ2v) is 5.37. The Balaban J connectivity index is 1.86. The Kier molecular flexibility index (Phi) is 6.98. The van der Waals surface area contributed by atoms with Crippen LogP contribution in [0, 0.1) is 10.1 Å². The van der Waals surface area contributed by atoms with E-state index >= 15 is 0 Å². The number of anilines is 1. The van der Waals surface area contributed by atoms with Crippen molar-refractivity contribution in [3.8, 4) is 0 Å². The highest BCUT2D eigenvalue weighted by molar-refractivity contribution is 5.95. The highest BCUT2D eigenvalue weighted by Gasteiger charge is 2.11. The van der Waals surface area contributed by atoms with Crippen molar-refractivity contribution in [1.29, 1.82) is 0 Å². The average molecular weight is 384 g/mol. The zero-order valence-corrected chi connectivity index (χ0v) is 14.8. The SMILES string of the molecule is COC(=O)c1ccc(NC(=O)COC(=O)/C=C/c2ccccc2[N+](=O)[O-])cc1. The molecule has 2 aromatic carbocycles. The molecule has 1 amide bonds. The van der Waals surface area contributed by atoms with E-state index in [0.717, 1.165) is 6.08 Å². The standard InChI is InChI=1S/C19H16N2O7/c1-27-19(24)14-6-9-15(10-7-14)20-17(22)12-28-18(23)11-8-13-4-2-3-5-16(13)21(25)26/h2-11H,12H2,1H3,(H,20,22)/b11-8+. The molecule has 0 radical (unpaired) electrons. The van der Waals surface area contributed by atoms with Crippen molar-refractivity contribution in [2.24, 2.45) is 0 Å². The van der Waals surface area contributed by atoms with Crippen LogP contribution in [0.15, 0.2) is 54.6 Å². The van der Waals surface area contributed by atoms with Gasteiger partial charge in [-0.1, -0.05) is 12.1 Å². The van der Waals surface area contributed by atoms with Crippen molar-refractivity contribution in [2.75, 3.05) is 19.0 Å². The minimum absolute atomic E-state index is 0.153. The van der Waals surface area contributed by atoms with Crippen LogP contribution in [0.1, 0.15) is 15.9 Å². The molecule has 9 heteroatoms. The summed E-state index contributed by atoms with van der Waals surface area (Å²) in [6.45, 7) is -0.543. The molecule has 2 rings (SSSR count). The third-order valence-corrected chi connectivity index (χ3v) is 3.47. The molecule has 0 aliphatic heterocycles. The van der Waals surface area contributed by atoms with Crippen molar-refractivity contribution in [3.05, 3.63) is 75.8 Å². The normalized spacial score (nSPS) is 10.3. The summed E-state index contributed by atoms with van der Waals surface area (Å²) in [7, 11) is 1.26. The number of rotatable bonds is 7. The molecule has 0 aromatic heterocycles. The number of methoxy groups -OCH3 is 1. The number of esters is 2. The molecule has 144 valence electrons. The fourth-order valence-corrected chi connectivity index (χ4v) is 2.14. The summed E-state index contributed by atoms with van der Waals surface area (Å²) in [6.07, 6.45) is 2.24. The van der Waals surface area contributed by atoms with Gasteiger partial charge in [-0.2, -0.15) is 0 Å². The molecule has 0 saturated heterocycles. The van der Waals surface area contributed by atoms with Gasteiger partial charge >= 0.3 is 11.9 Å². The number of nitrogens with one attached hydrogen (secondary N) is 1. The van der Waals surface area contributed by atoms with Crippen LogP contribution in [0.2, 0.25) is 0 Å². The van der Waals surface area contributed by atoms with Crippen LogP contribution in [0.4, 0.5) is 11.4 Å². The highest BCUT2D eigenvalue weighted by atomic mass is 16.6. The number of ether oxygens (including phenoxy) is 2. The first kappa shape index (κ1) is 20.3. The molecular weight excluding hydrogens is 368 g/mol. The number of carbonyl (C=O) groups is 3. The average Bonchev–Trinajstić information content (AvgIpc) is 2.70. The van der Waals surface area contributed by atoms with Gasteiger partial charge < -0.3 is 14.8 Å². The van der Waals surface area contributed by atoms with Gasteiger partial charge in [0.2, 0.25) is 0 Å². The molecule has 28 heavy (non-hydrogen) atoms. The molecule has 1 N–H and O–H groups in total. The summed E-state index contributed by atoms with van der Waals surface area (Å²) >= 11 is 0. The summed E-state index contributed by atoms with van der Waals surface area (Å²) in [5.41, 5.74) is 0.815. The maximum Gasteiger partial charge on any atom is 0.337 e. The molecular formula is C19H16N2O7. The molecule has 0 heterocycles. The molecule has 0 aliphatic rings. The molecule has 0 spiro atoms. The van der Waals surface area contributed by atoms with Crippen LogP contribution in [0.5, 0.6) is 0 Å². The molecule has 0 aliphatic carbocycles. The number of benzene rings is 2. The van der Waals surface area contributed by atoms with Gasteiger partial charge in [0.15, 0.2) is 6.61 Å². The number of amides is 1. The van der Waals surface area contributed by atoms with E-state index in [-0.39, 0.29) is 11.3 Å². The predicted molar refractivity (Wildman–Crippen MR) is 99.5 cm³/mol. The largest absolute Gasteiger partial charge is 0.465 e. The fraction of sp³-hybridized carbons (Fsp3) is 0.105. The van der Waals surface area contributed by atoms with Crippen molar-refractivity contribution < 1.29 is 28.8 Å². The molecule has 2 aromatic rings. The Labute approximate surface area is 159 Å². The lowest BCUT2D eigenvalue weighted by molar-refractivity contribution is -0.385. The Morgan fingerprint density at radius 1 is 1.11 bits per heavy atom. The molecule has 0 unspecified atom stereocenters. The summed E-state index contributed by atoms with van der Waals surface area (Å²) in [6, 6.07) is 11.8. The van der Waals surface area contributed by atoms with Gasteiger partial charge in [0, 0.05) is 17.8 Å². The molecule has 0 bridgehead atoms. The maximum absolute atomic E-state index is 11.8.